The zero-order chi connectivity index (χ0) is 16.1. The van der Waals surface area contributed by atoms with Crippen molar-refractivity contribution in [1.29, 1.82) is 0 Å². The van der Waals surface area contributed by atoms with Gasteiger partial charge in [-0.25, -0.2) is 0 Å². The molecule has 0 aromatic carbocycles. The zero-order valence-corrected chi connectivity index (χ0v) is 13.9. The maximum Gasteiger partial charge on any atom is 0.256 e. The Morgan fingerprint density at radius 2 is 2.18 bits per heavy atom. The van der Waals surface area contributed by atoms with E-state index >= 15 is 0 Å². The minimum absolute atomic E-state index is 0.187. The number of nitrogens with one attached hydrogen (secondary N) is 1. The molecule has 22 heavy (non-hydrogen) atoms. The number of carbonyl (C=O) groups is 1. The molecular weight excluding hydrogens is 300 g/mol. The first-order valence-corrected chi connectivity index (χ1v) is 7.78. The topological polar surface area (TPSA) is 59.8 Å². The second-order valence-electron chi connectivity index (χ2n) is 5.65. The molecule has 0 atom stereocenters. The molecule has 0 aliphatic carbocycles. The van der Waals surface area contributed by atoms with Crippen LogP contribution in [0.2, 0.25) is 5.15 Å². The summed E-state index contributed by atoms with van der Waals surface area (Å²) in [4.78, 5) is 16.5. The lowest BCUT2D eigenvalue weighted by atomic mass is 10.2. The highest BCUT2D eigenvalue weighted by Crippen LogP contribution is 2.20. The molecule has 2 heterocycles. The fourth-order valence-corrected chi connectivity index (χ4v) is 2.55. The average molecular weight is 321 g/mol. The minimum atomic E-state index is -0.187. The molecule has 0 saturated carbocycles. The van der Waals surface area contributed by atoms with Crippen molar-refractivity contribution in [3.63, 3.8) is 0 Å². The molecule has 0 fully saturated rings. The van der Waals surface area contributed by atoms with Gasteiger partial charge in [-0.2, -0.15) is 5.10 Å². The summed E-state index contributed by atoms with van der Waals surface area (Å²) in [5.41, 5.74) is 2.06. The van der Waals surface area contributed by atoms with Crippen LogP contribution in [0.25, 0.3) is 0 Å². The van der Waals surface area contributed by atoms with Crippen molar-refractivity contribution < 1.29 is 4.79 Å². The Morgan fingerprint density at radius 3 is 2.82 bits per heavy atom. The van der Waals surface area contributed by atoms with Crippen LogP contribution in [-0.2, 0) is 13.0 Å². The number of amides is 1. The molecule has 5 nitrogen and oxygen atoms in total. The molecule has 2 aromatic rings. The number of aromatic nitrogens is 3. The van der Waals surface area contributed by atoms with E-state index in [9.17, 15) is 4.79 Å². The Morgan fingerprint density at radius 1 is 1.41 bits per heavy atom. The van der Waals surface area contributed by atoms with Crippen molar-refractivity contribution in [2.45, 2.75) is 33.7 Å². The van der Waals surface area contributed by atoms with Crippen LogP contribution in [0.1, 0.15) is 35.6 Å². The van der Waals surface area contributed by atoms with Gasteiger partial charge in [-0.3, -0.25) is 14.5 Å². The normalized spacial score (nSPS) is 11.0. The summed E-state index contributed by atoms with van der Waals surface area (Å²) in [7, 11) is 0. The van der Waals surface area contributed by atoms with E-state index < -0.39 is 0 Å². The van der Waals surface area contributed by atoms with Crippen LogP contribution in [0.5, 0.6) is 0 Å². The molecule has 0 unspecified atom stereocenters. The predicted molar refractivity (Wildman–Crippen MR) is 87.1 cm³/mol. The highest BCUT2D eigenvalue weighted by atomic mass is 35.5. The van der Waals surface area contributed by atoms with Gasteiger partial charge in [0.25, 0.3) is 5.91 Å². The largest absolute Gasteiger partial charge is 0.351 e. The Kier molecular flexibility index (Phi) is 5.55. The smallest absolute Gasteiger partial charge is 0.256 e. The maximum atomic E-state index is 12.3. The Balaban J connectivity index is 1.99. The van der Waals surface area contributed by atoms with E-state index in [1.54, 1.807) is 17.8 Å². The number of halogens is 1. The van der Waals surface area contributed by atoms with Gasteiger partial charge in [0, 0.05) is 31.4 Å². The molecular formula is C16H21ClN4O. The fourth-order valence-electron chi connectivity index (χ4n) is 2.22. The summed E-state index contributed by atoms with van der Waals surface area (Å²) in [5, 5.41) is 7.63. The van der Waals surface area contributed by atoms with Gasteiger partial charge in [0.2, 0.25) is 0 Å². The lowest BCUT2D eigenvalue weighted by molar-refractivity contribution is 0.0953. The lowest BCUT2D eigenvalue weighted by Crippen LogP contribution is -2.26. The zero-order valence-electron chi connectivity index (χ0n) is 13.1. The van der Waals surface area contributed by atoms with Crippen LogP contribution in [0, 0.1) is 12.8 Å². The van der Waals surface area contributed by atoms with Crippen LogP contribution < -0.4 is 5.32 Å². The van der Waals surface area contributed by atoms with Gasteiger partial charge in [-0.15, -0.1) is 0 Å². The third-order valence-electron chi connectivity index (χ3n) is 3.22. The second-order valence-corrected chi connectivity index (χ2v) is 6.01. The van der Waals surface area contributed by atoms with E-state index in [0.717, 1.165) is 5.69 Å². The summed E-state index contributed by atoms with van der Waals surface area (Å²) in [6.07, 6.45) is 2.43. The summed E-state index contributed by atoms with van der Waals surface area (Å²) in [5.74, 6) is 0.227. The van der Waals surface area contributed by atoms with E-state index in [1.165, 1.54) is 0 Å². The van der Waals surface area contributed by atoms with Crippen LogP contribution in [0.3, 0.4) is 0 Å². The van der Waals surface area contributed by atoms with E-state index in [4.69, 9.17) is 11.6 Å². The number of carbonyl (C=O) groups excluding carboxylic acids is 1. The second kappa shape index (κ2) is 7.40. The molecule has 1 N–H and O–H groups in total. The SMILES string of the molecule is Cc1nn(CC(C)C)c(Cl)c1C(=O)NCCc1ccccn1. The van der Waals surface area contributed by atoms with E-state index in [-0.39, 0.29) is 5.91 Å². The first kappa shape index (κ1) is 16.5. The monoisotopic (exact) mass is 320 g/mol. The van der Waals surface area contributed by atoms with Crippen LogP contribution in [0.15, 0.2) is 24.4 Å². The molecule has 1 amide bonds. The molecule has 0 spiro atoms. The number of hydrogen-bond acceptors (Lipinski definition) is 3. The molecule has 0 bridgehead atoms. The number of hydrogen-bond donors (Lipinski definition) is 1. The number of aryl methyl sites for hydroxylation is 1. The molecule has 0 aliphatic rings. The Hall–Kier alpha value is -1.88. The number of rotatable bonds is 6. The van der Waals surface area contributed by atoms with Crippen LogP contribution in [0.4, 0.5) is 0 Å². The fraction of sp³-hybridized carbons (Fsp3) is 0.438. The van der Waals surface area contributed by atoms with Gasteiger partial charge >= 0.3 is 0 Å². The Bertz CT molecular complexity index is 637. The summed E-state index contributed by atoms with van der Waals surface area (Å²) >= 11 is 6.29. The predicted octanol–water partition coefficient (Wildman–Crippen LogP) is 2.87. The van der Waals surface area contributed by atoms with Crippen LogP contribution in [-0.4, -0.2) is 27.2 Å². The lowest BCUT2D eigenvalue weighted by Gasteiger charge is -2.07. The third kappa shape index (κ3) is 4.07. The van der Waals surface area contributed by atoms with Gasteiger partial charge in [0.1, 0.15) is 5.15 Å². The minimum Gasteiger partial charge on any atom is -0.351 e. The standard InChI is InChI=1S/C16H21ClN4O/c1-11(2)10-21-15(17)14(12(3)20-21)16(22)19-9-7-13-6-4-5-8-18-13/h4-6,8,11H,7,9-10H2,1-3H3,(H,19,22). The molecule has 2 rings (SSSR count). The van der Waals surface area contributed by atoms with E-state index in [1.807, 2.05) is 18.2 Å². The molecule has 118 valence electrons. The maximum absolute atomic E-state index is 12.3. The van der Waals surface area contributed by atoms with Crippen molar-refractivity contribution in [2.24, 2.45) is 5.92 Å². The van der Waals surface area contributed by atoms with Gasteiger partial charge in [0.05, 0.1) is 11.3 Å². The summed E-state index contributed by atoms with van der Waals surface area (Å²) in [6, 6.07) is 5.74. The molecule has 0 saturated heterocycles. The van der Waals surface area contributed by atoms with Crippen molar-refractivity contribution in [2.75, 3.05) is 6.54 Å². The molecule has 0 aliphatic heterocycles. The van der Waals surface area contributed by atoms with Gasteiger partial charge < -0.3 is 5.32 Å². The number of pyridine rings is 1. The van der Waals surface area contributed by atoms with Crippen LogP contribution >= 0.6 is 11.6 Å². The average Bonchev–Trinajstić information content (AvgIpc) is 2.73. The van der Waals surface area contributed by atoms with Crippen molar-refractivity contribution in [3.05, 3.63) is 46.5 Å². The Labute approximate surface area is 135 Å². The van der Waals surface area contributed by atoms with Gasteiger partial charge in [0.15, 0.2) is 0 Å². The van der Waals surface area contributed by atoms with E-state index in [2.05, 4.69) is 29.2 Å². The highest BCUT2D eigenvalue weighted by molar-refractivity contribution is 6.33. The van der Waals surface area contributed by atoms with E-state index in [0.29, 0.717) is 41.8 Å². The first-order chi connectivity index (χ1) is 10.5. The highest BCUT2D eigenvalue weighted by Gasteiger charge is 2.20. The van der Waals surface area contributed by atoms with Crippen molar-refractivity contribution in [1.82, 2.24) is 20.1 Å². The molecule has 0 radical (unpaired) electrons. The van der Waals surface area contributed by atoms with Gasteiger partial charge in [-0.05, 0) is 25.0 Å². The van der Waals surface area contributed by atoms with Crippen molar-refractivity contribution in [3.8, 4) is 0 Å². The summed E-state index contributed by atoms with van der Waals surface area (Å²) < 4.78 is 1.69. The first-order valence-electron chi connectivity index (χ1n) is 7.40. The molecule has 6 heteroatoms. The van der Waals surface area contributed by atoms with Gasteiger partial charge in [-0.1, -0.05) is 31.5 Å². The van der Waals surface area contributed by atoms with Crippen molar-refractivity contribution >= 4 is 17.5 Å². The molecule has 2 aromatic heterocycles. The summed E-state index contributed by atoms with van der Waals surface area (Å²) in [6.45, 7) is 7.18. The number of nitrogens with zero attached hydrogens (tertiary/aromatic N) is 3. The third-order valence-corrected chi connectivity index (χ3v) is 3.61. The quantitative estimate of drug-likeness (QED) is 0.890.